The van der Waals surface area contributed by atoms with Crippen molar-refractivity contribution in [3.8, 4) is 11.5 Å². The third-order valence-corrected chi connectivity index (χ3v) is 5.03. The molecule has 2 rings (SSSR count). The Morgan fingerprint density at radius 2 is 1.82 bits per heavy atom. The number of aliphatic imine (C=N–C) groups is 1. The topological polar surface area (TPSA) is 58.1 Å². The van der Waals surface area contributed by atoms with Crippen LogP contribution in [0.15, 0.2) is 23.2 Å². The second-order valence-electron chi connectivity index (χ2n) is 7.53. The van der Waals surface area contributed by atoms with Crippen LogP contribution in [-0.2, 0) is 0 Å². The van der Waals surface area contributed by atoms with E-state index in [4.69, 9.17) is 14.5 Å². The van der Waals surface area contributed by atoms with Crippen LogP contribution in [0.1, 0.15) is 52.1 Å². The predicted molar refractivity (Wildman–Crippen MR) is 117 cm³/mol. The molecule has 1 saturated carbocycles. The van der Waals surface area contributed by atoms with Crippen molar-refractivity contribution in [2.75, 3.05) is 40.4 Å². The second-order valence-corrected chi connectivity index (χ2v) is 7.53. The van der Waals surface area contributed by atoms with Gasteiger partial charge in [-0.3, -0.25) is 4.99 Å². The highest BCUT2D eigenvalue weighted by Crippen LogP contribution is 2.34. The summed E-state index contributed by atoms with van der Waals surface area (Å²) in [5.74, 6) is 3.23. The van der Waals surface area contributed by atoms with Crippen LogP contribution in [0.2, 0.25) is 0 Å². The summed E-state index contributed by atoms with van der Waals surface area (Å²) in [4.78, 5) is 7.16. The second kappa shape index (κ2) is 11.1. The summed E-state index contributed by atoms with van der Waals surface area (Å²) in [6.45, 7) is 11.1. The van der Waals surface area contributed by atoms with E-state index in [1.807, 2.05) is 19.9 Å². The number of ether oxygens (including phenoxy) is 2. The highest BCUT2D eigenvalue weighted by atomic mass is 16.5. The fourth-order valence-electron chi connectivity index (χ4n) is 3.35. The lowest BCUT2D eigenvalue weighted by Gasteiger charge is -2.24. The molecule has 0 bridgehead atoms. The molecule has 0 radical (unpaired) electrons. The van der Waals surface area contributed by atoms with Crippen molar-refractivity contribution in [2.45, 2.75) is 52.6 Å². The van der Waals surface area contributed by atoms with Gasteiger partial charge in [-0.1, -0.05) is 6.07 Å². The maximum absolute atomic E-state index is 5.77. The number of guanidine groups is 1. The molecule has 1 aromatic rings. The number of hydrogen-bond donors (Lipinski definition) is 2. The first-order chi connectivity index (χ1) is 13.5. The monoisotopic (exact) mass is 390 g/mol. The van der Waals surface area contributed by atoms with Gasteiger partial charge in [-0.2, -0.15) is 0 Å². The van der Waals surface area contributed by atoms with Crippen LogP contribution in [0.5, 0.6) is 11.5 Å². The van der Waals surface area contributed by atoms with Gasteiger partial charge in [0.1, 0.15) is 0 Å². The Kier molecular flexibility index (Phi) is 8.90. The third kappa shape index (κ3) is 6.59. The SMILES string of the molecule is CCNC(=NCC(C1CC1)N(C)C)NC(C)c1ccc(OCC)c(OCC)c1. The quantitative estimate of drug-likeness (QED) is 0.448. The molecule has 6 heteroatoms. The van der Waals surface area contributed by atoms with Crippen molar-refractivity contribution < 1.29 is 9.47 Å². The van der Waals surface area contributed by atoms with Gasteiger partial charge in [0, 0.05) is 12.6 Å². The van der Waals surface area contributed by atoms with Crippen molar-refractivity contribution >= 4 is 5.96 Å². The maximum atomic E-state index is 5.77. The first-order valence-electron chi connectivity index (χ1n) is 10.6. The molecule has 2 N–H and O–H groups in total. The molecule has 1 aliphatic rings. The lowest BCUT2D eigenvalue weighted by Crippen LogP contribution is -2.40. The lowest BCUT2D eigenvalue weighted by molar-refractivity contribution is 0.271. The van der Waals surface area contributed by atoms with E-state index in [2.05, 4.69) is 55.6 Å². The predicted octanol–water partition coefficient (Wildman–Crippen LogP) is 3.44. The van der Waals surface area contributed by atoms with Gasteiger partial charge in [-0.05, 0) is 78.2 Å². The minimum absolute atomic E-state index is 0.103. The van der Waals surface area contributed by atoms with Gasteiger partial charge in [0.15, 0.2) is 17.5 Å². The van der Waals surface area contributed by atoms with Crippen LogP contribution >= 0.6 is 0 Å². The van der Waals surface area contributed by atoms with E-state index in [1.165, 1.54) is 12.8 Å². The van der Waals surface area contributed by atoms with E-state index in [9.17, 15) is 0 Å². The summed E-state index contributed by atoms with van der Waals surface area (Å²) in [5, 5.41) is 6.91. The smallest absolute Gasteiger partial charge is 0.191 e. The Labute approximate surface area is 170 Å². The largest absolute Gasteiger partial charge is 0.490 e. The van der Waals surface area contributed by atoms with Gasteiger partial charge >= 0.3 is 0 Å². The zero-order valence-electron chi connectivity index (χ0n) is 18.4. The molecule has 6 nitrogen and oxygen atoms in total. The van der Waals surface area contributed by atoms with Crippen LogP contribution in [0.4, 0.5) is 0 Å². The molecule has 28 heavy (non-hydrogen) atoms. The van der Waals surface area contributed by atoms with E-state index in [1.54, 1.807) is 0 Å². The van der Waals surface area contributed by atoms with E-state index >= 15 is 0 Å². The summed E-state index contributed by atoms with van der Waals surface area (Å²) in [7, 11) is 4.30. The highest BCUT2D eigenvalue weighted by molar-refractivity contribution is 5.80. The van der Waals surface area contributed by atoms with Gasteiger partial charge in [-0.25, -0.2) is 0 Å². The number of nitrogens with zero attached hydrogens (tertiary/aromatic N) is 2. The summed E-state index contributed by atoms with van der Waals surface area (Å²) >= 11 is 0. The van der Waals surface area contributed by atoms with Crippen molar-refractivity contribution in [2.24, 2.45) is 10.9 Å². The number of rotatable bonds is 11. The van der Waals surface area contributed by atoms with E-state index in [0.29, 0.717) is 19.3 Å². The molecule has 2 unspecified atom stereocenters. The maximum Gasteiger partial charge on any atom is 0.191 e. The zero-order valence-corrected chi connectivity index (χ0v) is 18.4. The van der Waals surface area contributed by atoms with Crippen LogP contribution in [0.3, 0.4) is 0 Å². The number of likely N-dealkylation sites (N-methyl/N-ethyl adjacent to an activating group) is 1. The zero-order chi connectivity index (χ0) is 20.5. The normalized spacial score (nSPS) is 16.6. The van der Waals surface area contributed by atoms with Gasteiger partial charge < -0.3 is 25.0 Å². The molecule has 0 saturated heterocycles. The Balaban J connectivity index is 2.09. The molecule has 1 fully saturated rings. The first-order valence-corrected chi connectivity index (χ1v) is 10.6. The van der Waals surface area contributed by atoms with E-state index in [0.717, 1.165) is 42.0 Å². The molecule has 158 valence electrons. The standard InChI is InChI=1S/C22H38N4O2/c1-7-23-22(24-15-19(26(5)6)17-10-11-17)25-16(4)18-12-13-20(27-8-2)21(14-18)28-9-3/h12-14,16-17,19H,7-11,15H2,1-6H3,(H2,23,24,25). The van der Waals surface area contributed by atoms with Gasteiger partial charge in [0.25, 0.3) is 0 Å². The Hall–Kier alpha value is -1.95. The minimum atomic E-state index is 0.103. The van der Waals surface area contributed by atoms with Gasteiger partial charge in [-0.15, -0.1) is 0 Å². The number of nitrogens with one attached hydrogen (secondary N) is 2. The lowest BCUT2D eigenvalue weighted by atomic mass is 10.1. The minimum Gasteiger partial charge on any atom is -0.490 e. The van der Waals surface area contributed by atoms with Crippen molar-refractivity contribution in [1.82, 2.24) is 15.5 Å². The Morgan fingerprint density at radius 3 is 2.39 bits per heavy atom. The average Bonchev–Trinajstić information content (AvgIpc) is 3.48. The molecule has 0 aromatic heterocycles. The summed E-state index contributed by atoms with van der Waals surface area (Å²) < 4.78 is 11.4. The summed E-state index contributed by atoms with van der Waals surface area (Å²) in [6, 6.07) is 6.75. The molecular weight excluding hydrogens is 352 g/mol. The van der Waals surface area contributed by atoms with Crippen LogP contribution in [0.25, 0.3) is 0 Å². The third-order valence-electron chi connectivity index (χ3n) is 5.03. The average molecular weight is 391 g/mol. The van der Waals surface area contributed by atoms with E-state index in [-0.39, 0.29) is 6.04 Å². The van der Waals surface area contributed by atoms with E-state index < -0.39 is 0 Å². The fourth-order valence-corrected chi connectivity index (χ4v) is 3.35. The molecule has 2 atom stereocenters. The molecule has 0 aliphatic heterocycles. The first kappa shape index (κ1) is 22.3. The van der Waals surface area contributed by atoms with Crippen molar-refractivity contribution in [3.05, 3.63) is 23.8 Å². The highest BCUT2D eigenvalue weighted by Gasteiger charge is 2.32. The van der Waals surface area contributed by atoms with Crippen LogP contribution in [-0.4, -0.2) is 57.3 Å². The van der Waals surface area contributed by atoms with Gasteiger partial charge in [0.2, 0.25) is 0 Å². The van der Waals surface area contributed by atoms with Crippen LogP contribution in [0, 0.1) is 5.92 Å². The number of hydrogen-bond acceptors (Lipinski definition) is 4. The van der Waals surface area contributed by atoms with Crippen molar-refractivity contribution in [1.29, 1.82) is 0 Å². The summed E-state index contributed by atoms with van der Waals surface area (Å²) in [6.07, 6.45) is 2.65. The van der Waals surface area contributed by atoms with Crippen molar-refractivity contribution in [3.63, 3.8) is 0 Å². The molecule has 0 amide bonds. The number of benzene rings is 1. The fraction of sp³-hybridized carbons (Fsp3) is 0.682. The molecule has 0 heterocycles. The Morgan fingerprint density at radius 1 is 1.14 bits per heavy atom. The molecule has 0 spiro atoms. The molecule has 1 aromatic carbocycles. The molecular formula is C22H38N4O2. The van der Waals surface area contributed by atoms with Crippen LogP contribution < -0.4 is 20.1 Å². The Bertz CT molecular complexity index is 627. The molecule has 1 aliphatic carbocycles. The van der Waals surface area contributed by atoms with Gasteiger partial charge in [0.05, 0.1) is 25.8 Å². The summed E-state index contributed by atoms with van der Waals surface area (Å²) in [5.41, 5.74) is 1.14.